The van der Waals surface area contributed by atoms with Gasteiger partial charge in [0.25, 0.3) is 0 Å². The van der Waals surface area contributed by atoms with Gasteiger partial charge in [0, 0.05) is 24.8 Å². The van der Waals surface area contributed by atoms with Crippen LogP contribution in [0.1, 0.15) is 39.0 Å². The summed E-state index contributed by atoms with van der Waals surface area (Å²) in [5.41, 5.74) is 8.41. The SMILES string of the molecule is CC1COCCN1c1nc2nc(-c3noc(=O)[nH]3)nc(-c3cccc(-n4ccc(N)nc4=O)c3)c2n1CC1CCCCC1. The molecule has 0 spiro atoms. The molecule has 43 heavy (non-hydrogen) atoms. The molecule has 0 radical (unpaired) electrons. The standard InChI is InChI=1S/C29H32N10O4/c1-17-16-42-13-12-37(17)27-34-24-23(39(27)15-18-6-3-2-4-7-18)22(32-25(33-24)26-35-29(41)43-36-26)19-8-5-9-20(14-19)38-11-10-21(30)31-28(38)40/h5,8-11,14,17-18H,2-4,6-7,12-13,15-16H2,1H3,(H2,30,31,40)(H,35,36,41). The number of morpholine rings is 1. The number of imidazole rings is 1. The number of fused-ring (bicyclic) bond motifs is 1. The third kappa shape index (κ3) is 5.18. The lowest BCUT2D eigenvalue weighted by Crippen LogP contribution is -2.45. The minimum Gasteiger partial charge on any atom is -0.383 e. The Morgan fingerprint density at radius 1 is 1.07 bits per heavy atom. The fourth-order valence-corrected chi connectivity index (χ4v) is 6.12. The summed E-state index contributed by atoms with van der Waals surface area (Å²) in [6, 6.07) is 9.15. The second-order valence-electron chi connectivity index (χ2n) is 11.2. The topological polar surface area (TPSA) is 176 Å². The van der Waals surface area contributed by atoms with Crippen molar-refractivity contribution < 1.29 is 9.26 Å². The van der Waals surface area contributed by atoms with E-state index in [9.17, 15) is 9.59 Å². The predicted octanol–water partition coefficient (Wildman–Crippen LogP) is 2.77. The Morgan fingerprint density at radius 2 is 1.93 bits per heavy atom. The van der Waals surface area contributed by atoms with E-state index in [0.29, 0.717) is 42.7 Å². The highest BCUT2D eigenvalue weighted by Crippen LogP contribution is 2.36. The summed E-state index contributed by atoms with van der Waals surface area (Å²) in [7, 11) is 0. The molecule has 5 heterocycles. The second-order valence-corrected chi connectivity index (χ2v) is 11.2. The molecule has 0 bridgehead atoms. The van der Waals surface area contributed by atoms with Gasteiger partial charge in [-0.15, -0.1) is 0 Å². The Morgan fingerprint density at radius 3 is 2.70 bits per heavy atom. The van der Waals surface area contributed by atoms with Crippen LogP contribution in [-0.4, -0.2) is 65.0 Å². The number of hydrogen-bond acceptors (Lipinski definition) is 11. The number of nitrogens with one attached hydrogen (secondary N) is 1. The minimum atomic E-state index is -0.705. The fraction of sp³-hybridized carbons (Fsp3) is 0.414. The molecular formula is C29H32N10O4. The number of ether oxygens (including phenoxy) is 1. The van der Waals surface area contributed by atoms with E-state index in [1.807, 2.05) is 24.3 Å². The molecule has 1 atom stereocenters. The third-order valence-electron chi connectivity index (χ3n) is 8.25. The molecule has 1 aromatic carbocycles. The number of hydrogen-bond donors (Lipinski definition) is 2. The molecule has 5 aromatic rings. The maximum Gasteiger partial charge on any atom is 0.439 e. The molecule has 0 amide bonds. The molecule has 1 saturated carbocycles. The monoisotopic (exact) mass is 584 g/mol. The van der Waals surface area contributed by atoms with Crippen molar-refractivity contribution in [3.8, 4) is 28.6 Å². The minimum absolute atomic E-state index is 0.103. The van der Waals surface area contributed by atoms with Gasteiger partial charge >= 0.3 is 11.4 Å². The fourth-order valence-electron chi connectivity index (χ4n) is 6.12. The molecule has 14 heteroatoms. The lowest BCUT2D eigenvalue weighted by molar-refractivity contribution is 0.0976. The first-order valence-electron chi connectivity index (χ1n) is 14.6. The summed E-state index contributed by atoms with van der Waals surface area (Å²) in [4.78, 5) is 48.0. The van der Waals surface area contributed by atoms with Gasteiger partial charge in [0.05, 0.1) is 24.9 Å². The summed E-state index contributed by atoms with van der Waals surface area (Å²) < 4.78 is 14.2. The molecule has 2 aliphatic rings. The average molecular weight is 585 g/mol. The van der Waals surface area contributed by atoms with Crippen molar-refractivity contribution in [2.45, 2.75) is 51.6 Å². The van der Waals surface area contributed by atoms with E-state index in [2.05, 4.69) is 31.5 Å². The molecular weight excluding hydrogens is 552 g/mol. The summed E-state index contributed by atoms with van der Waals surface area (Å²) in [5, 5.41) is 3.84. The Labute approximate surface area is 245 Å². The number of nitrogens with two attached hydrogens (primary N) is 1. The van der Waals surface area contributed by atoms with Gasteiger partial charge in [-0.1, -0.05) is 36.6 Å². The van der Waals surface area contributed by atoms with Crippen LogP contribution in [0, 0.1) is 5.92 Å². The van der Waals surface area contributed by atoms with Crippen molar-refractivity contribution in [3.05, 3.63) is 57.6 Å². The van der Waals surface area contributed by atoms with Crippen molar-refractivity contribution in [3.63, 3.8) is 0 Å². The summed E-state index contributed by atoms with van der Waals surface area (Å²) in [5.74, 6) is 1.03. The van der Waals surface area contributed by atoms with Crippen LogP contribution < -0.4 is 22.1 Å². The smallest absolute Gasteiger partial charge is 0.383 e. The van der Waals surface area contributed by atoms with Crippen LogP contribution in [0.15, 0.2) is 50.6 Å². The number of rotatable bonds is 6. The molecule has 4 aromatic heterocycles. The van der Waals surface area contributed by atoms with Gasteiger partial charge in [0.2, 0.25) is 17.6 Å². The molecule has 3 N–H and O–H groups in total. The first-order chi connectivity index (χ1) is 20.9. The van der Waals surface area contributed by atoms with Crippen molar-refractivity contribution in [2.75, 3.05) is 30.4 Å². The lowest BCUT2D eigenvalue weighted by atomic mass is 9.89. The molecule has 1 aliphatic carbocycles. The van der Waals surface area contributed by atoms with Gasteiger partial charge in [-0.25, -0.2) is 19.6 Å². The number of benzene rings is 1. The van der Waals surface area contributed by atoms with Crippen molar-refractivity contribution in [2.24, 2.45) is 5.92 Å². The maximum atomic E-state index is 12.7. The van der Waals surface area contributed by atoms with Crippen LogP contribution in [0.2, 0.25) is 0 Å². The normalized spacial score (nSPS) is 18.0. The number of nitrogens with zero attached hydrogens (tertiary/aromatic N) is 8. The average Bonchev–Trinajstić information content (AvgIpc) is 3.61. The largest absolute Gasteiger partial charge is 0.439 e. The Kier molecular flexibility index (Phi) is 6.97. The molecule has 222 valence electrons. The number of nitrogen functional groups attached to an aromatic ring is 1. The van der Waals surface area contributed by atoms with Crippen molar-refractivity contribution in [1.82, 2.24) is 39.2 Å². The van der Waals surface area contributed by atoms with Gasteiger partial charge in [-0.3, -0.25) is 14.1 Å². The molecule has 7 rings (SSSR count). The van der Waals surface area contributed by atoms with Gasteiger partial charge < -0.3 is 19.9 Å². The Bertz CT molecular complexity index is 1900. The van der Waals surface area contributed by atoms with Crippen molar-refractivity contribution >= 4 is 22.9 Å². The molecule has 14 nitrogen and oxygen atoms in total. The van der Waals surface area contributed by atoms with Gasteiger partial charge in [-0.05, 0) is 43.9 Å². The predicted molar refractivity (Wildman–Crippen MR) is 159 cm³/mol. The number of aromatic amines is 1. The van der Waals surface area contributed by atoms with E-state index in [-0.39, 0.29) is 23.5 Å². The highest BCUT2D eigenvalue weighted by Gasteiger charge is 2.29. The summed E-state index contributed by atoms with van der Waals surface area (Å²) >= 11 is 0. The molecule has 1 unspecified atom stereocenters. The summed E-state index contributed by atoms with van der Waals surface area (Å²) in [6.45, 7) is 4.80. The highest BCUT2D eigenvalue weighted by molar-refractivity contribution is 5.91. The van der Waals surface area contributed by atoms with Crippen molar-refractivity contribution in [1.29, 1.82) is 0 Å². The van der Waals surface area contributed by atoms with Gasteiger partial charge in [-0.2, -0.15) is 9.97 Å². The van der Waals surface area contributed by atoms with E-state index < -0.39 is 11.4 Å². The second kappa shape index (κ2) is 11.1. The van der Waals surface area contributed by atoms with E-state index in [1.54, 1.807) is 12.3 Å². The van der Waals surface area contributed by atoms with Crippen LogP contribution in [0.3, 0.4) is 0 Å². The Hall–Kier alpha value is -4.85. The van der Waals surface area contributed by atoms with E-state index >= 15 is 0 Å². The third-order valence-corrected chi connectivity index (χ3v) is 8.25. The maximum absolute atomic E-state index is 12.7. The summed E-state index contributed by atoms with van der Waals surface area (Å²) in [6.07, 6.45) is 7.56. The zero-order chi connectivity index (χ0) is 29.5. The quantitative estimate of drug-likeness (QED) is 0.300. The Balaban J connectivity index is 1.47. The first kappa shape index (κ1) is 27.0. The number of anilines is 2. The van der Waals surface area contributed by atoms with Gasteiger partial charge in [0.15, 0.2) is 5.65 Å². The molecule has 2 fully saturated rings. The number of aromatic nitrogens is 8. The highest BCUT2D eigenvalue weighted by atomic mass is 16.5. The van der Waals surface area contributed by atoms with E-state index in [0.717, 1.165) is 36.4 Å². The zero-order valence-corrected chi connectivity index (χ0v) is 23.8. The van der Waals surface area contributed by atoms with E-state index in [1.165, 1.54) is 23.8 Å². The van der Waals surface area contributed by atoms with Crippen LogP contribution in [0.4, 0.5) is 11.8 Å². The zero-order valence-electron chi connectivity index (χ0n) is 23.8. The first-order valence-corrected chi connectivity index (χ1v) is 14.6. The lowest BCUT2D eigenvalue weighted by Gasteiger charge is -2.35. The molecule has 1 saturated heterocycles. The van der Waals surface area contributed by atoms with Crippen LogP contribution >= 0.6 is 0 Å². The van der Waals surface area contributed by atoms with Crippen LogP contribution in [0.5, 0.6) is 0 Å². The van der Waals surface area contributed by atoms with Crippen LogP contribution in [0.25, 0.3) is 39.8 Å². The van der Waals surface area contributed by atoms with Gasteiger partial charge in [0.1, 0.15) is 17.0 Å². The van der Waals surface area contributed by atoms with Crippen LogP contribution in [-0.2, 0) is 11.3 Å². The van der Waals surface area contributed by atoms with E-state index in [4.69, 9.17) is 29.9 Å². The number of H-pyrrole nitrogens is 1. The molecule has 1 aliphatic heterocycles.